The molecule has 1 saturated heterocycles. The van der Waals surface area contributed by atoms with E-state index in [-0.39, 0.29) is 17.0 Å². The second-order valence-electron chi connectivity index (χ2n) is 7.39. The van der Waals surface area contributed by atoms with Crippen LogP contribution in [0.25, 0.3) is 0 Å². The molecule has 2 rings (SSSR count). The van der Waals surface area contributed by atoms with Crippen LogP contribution in [-0.4, -0.2) is 49.0 Å². The summed E-state index contributed by atoms with van der Waals surface area (Å²) in [5, 5.41) is 11.0. The van der Waals surface area contributed by atoms with Crippen LogP contribution in [-0.2, 0) is 16.1 Å². The zero-order valence-corrected chi connectivity index (χ0v) is 15.4. The Morgan fingerprint density at radius 3 is 2.56 bits per heavy atom. The van der Waals surface area contributed by atoms with Gasteiger partial charge in [0.1, 0.15) is 0 Å². The van der Waals surface area contributed by atoms with E-state index < -0.39 is 4.92 Å². The average Bonchev–Trinajstić information content (AvgIpc) is 2.79. The van der Waals surface area contributed by atoms with E-state index in [9.17, 15) is 14.9 Å². The molecule has 0 unspecified atom stereocenters. The highest BCUT2D eigenvalue weighted by Crippen LogP contribution is 2.28. The first-order chi connectivity index (χ1) is 11.7. The van der Waals surface area contributed by atoms with Crippen LogP contribution in [0.4, 0.5) is 11.4 Å². The second-order valence-corrected chi connectivity index (χ2v) is 7.39. The van der Waals surface area contributed by atoms with E-state index >= 15 is 0 Å². The summed E-state index contributed by atoms with van der Waals surface area (Å²) >= 11 is 0. The summed E-state index contributed by atoms with van der Waals surface area (Å²) in [6.45, 7) is 9.02. The monoisotopic (exact) mass is 349 g/mol. The molecule has 138 valence electrons. The number of ether oxygens (including phenoxy) is 1. The van der Waals surface area contributed by atoms with Crippen molar-refractivity contribution in [2.24, 2.45) is 5.41 Å². The van der Waals surface area contributed by atoms with Crippen LogP contribution in [0.5, 0.6) is 0 Å². The molecule has 1 aromatic rings. The number of non-ortho nitro benzene ring substituents is 1. The predicted octanol–water partition coefficient (Wildman–Crippen LogP) is 2.83. The highest BCUT2D eigenvalue weighted by atomic mass is 16.6. The summed E-state index contributed by atoms with van der Waals surface area (Å²) in [7, 11) is 1.58. The maximum Gasteiger partial charge on any atom is 0.269 e. The van der Waals surface area contributed by atoms with E-state index in [1.165, 1.54) is 6.07 Å². The number of hydrogen-bond acceptors (Lipinski definition) is 5. The van der Waals surface area contributed by atoms with E-state index in [1.807, 2.05) is 25.7 Å². The molecule has 1 fully saturated rings. The number of nitro groups is 1. The molecule has 1 aliphatic heterocycles. The van der Waals surface area contributed by atoms with Gasteiger partial charge in [-0.2, -0.15) is 0 Å². The number of carbonyl (C=O) groups excluding carboxylic acids is 1. The molecule has 1 aromatic carbocycles. The number of rotatable bonds is 4. The number of carbonyl (C=O) groups is 1. The molecular formula is C18H27N3O4. The number of hydrogen-bond donors (Lipinski definition) is 0. The van der Waals surface area contributed by atoms with Crippen LogP contribution in [0.15, 0.2) is 18.2 Å². The number of nitrogens with zero attached hydrogens (tertiary/aromatic N) is 3. The van der Waals surface area contributed by atoms with E-state index in [2.05, 4.69) is 4.90 Å². The molecule has 0 aliphatic carbocycles. The molecule has 1 aliphatic rings. The molecule has 0 spiro atoms. The fraction of sp³-hybridized carbons (Fsp3) is 0.611. The third-order valence-corrected chi connectivity index (χ3v) is 4.34. The van der Waals surface area contributed by atoms with Crippen molar-refractivity contribution < 1.29 is 14.5 Å². The zero-order chi connectivity index (χ0) is 18.6. The van der Waals surface area contributed by atoms with Crippen LogP contribution in [0.1, 0.15) is 32.8 Å². The minimum absolute atomic E-state index is 0.0650. The minimum Gasteiger partial charge on any atom is -0.380 e. The van der Waals surface area contributed by atoms with Crippen molar-refractivity contribution in [1.82, 2.24) is 4.90 Å². The van der Waals surface area contributed by atoms with Gasteiger partial charge in [-0.05, 0) is 12.5 Å². The van der Waals surface area contributed by atoms with Crippen LogP contribution >= 0.6 is 0 Å². The zero-order valence-electron chi connectivity index (χ0n) is 15.4. The molecule has 25 heavy (non-hydrogen) atoms. The molecular weight excluding hydrogens is 322 g/mol. The number of anilines is 1. The first-order valence-electron chi connectivity index (χ1n) is 8.54. The third kappa shape index (κ3) is 4.69. The molecule has 0 aromatic heterocycles. The van der Waals surface area contributed by atoms with E-state index in [0.29, 0.717) is 19.7 Å². The fourth-order valence-electron chi connectivity index (χ4n) is 3.10. The molecule has 1 heterocycles. The van der Waals surface area contributed by atoms with Gasteiger partial charge in [0.05, 0.1) is 11.5 Å². The summed E-state index contributed by atoms with van der Waals surface area (Å²) in [5.41, 5.74) is 1.42. The smallest absolute Gasteiger partial charge is 0.269 e. The van der Waals surface area contributed by atoms with Crippen molar-refractivity contribution >= 4 is 17.3 Å². The highest BCUT2D eigenvalue weighted by molar-refractivity contribution is 5.81. The van der Waals surface area contributed by atoms with Gasteiger partial charge in [0.2, 0.25) is 5.91 Å². The van der Waals surface area contributed by atoms with Gasteiger partial charge in [-0.25, -0.2) is 0 Å². The number of methoxy groups -OCH3 is 1. The SMILES string of the molecule is COCc1cc([N+](=O)[O-])ccc1N1CCCN(C(=O)C(C)(C)C)CC1. The highest BCUT2D eigenvalue weighted by Gasteiger charge is 2.29. The third-order valence-electron chi connectivity index (χ3n) is 4.34. The lowest BCUT2D eigenvalue weighted by molar-refractivity contribution is -0.384. The van der Waals surface area contributed by atoms with Gasteiger partial charge in [-0.3, -0.25) is 14.9 Å². The van der Waals surface area contributed by atoms with Gasteiger partial charge < -0.3 is 14.5 Å². The number of nitro benzene ring substituents is 1. The van der Waals surface area contributed by atoms with Crippen molar-refractivity contribution in [1.29, 1.82) is 0 Å². The lowest BCUT2D eigenvalue weighted by Crippen LogP contribution is -2.41. The first-order valence-corrected chi connectivity index (χ1v) is 8.54. The maximum atomic E-state index is 12.5. The lowest BCUT2D eigenvalue weighted by Gasteiger charge is -2.29. The lowest BCUT2D eigenvalue weighted by atomic mass is 9.94. The van der Waals surface area contributed by atoms with E-state index in [4.69, 9.17) is 4.74 Å². The Morgan fingerprint density at radius 1 is 1.24 bits per heavy atom. The van der Waals surface area contributed by atoms with Gasteiger partial charge in [0, 0.05) is 62.1 Å². The van der Waals surface area contributed by atoms with Crippen molar-refractivity contribution in [3.63, 3.8) is 0 Å². The van der Waals surface area contributed by atoms with E-state index in [0.717, 1.165) is 30.8 Å². The molecule has 0 N–H and O–H groups in total. The molecule has 0 atom stereocenters. The summed E-state index contributed by atoms with van der Waals surface area (Å²) in [4.78, 5) is 27.2. The number of benzene rings is 1. The van der Waals surface area contributed by atoms with Gasteiger partial charge in [-0.1, -0.05) is 20.8 Å². The first kappa shape index (κ1) is 19.2. The Bertz CT molecular complexity index is 640. The van der Waals surface area contributed by atoms with Crippen molar-refractivity contribution in [3.8, 4) is 0 Å². The Labute approximate surface area is 148 Å². The molecule has 7 nitrogen and oxygen atoms in total. The minimum atomic E-state index is -0.394. The number of amides is 1. The topological polar surface area (TPSA) is 75.9 Å². The van der Waals surface area contributed by atoms with Crippen LogP contribution in [0.3, 0.4) is 0 Å². The Balaban J connectivity index is 2.19. The van der Waals surface area contributed by atoms with Gasteiger partial charge in [0.15, 0.2) is 0 Å². The maximum absolute atomic E-state index is 12.5. The summed E-state index contributed by atoms with van der Waals surface area (Å²) in [5.74, 6) is 0.162. The van der Waals surface area contributed by atoms with Gasteiger partial charge in [-0.15, -0.1) is 0 Å². The van der Waals surface area contributed by atoms with Gasteiger partial charge in [0.25, 0.3) is 5.69 Å². The fourth-order valence-corrected chi connectivity index (χ4v) is 3.10. The van der Waals surface area contributed by atoms with Crippen molar-refractivity contribution in [3.05, 3.63) is 33.9 Å². The second kappa shape index (κ2) is 7.82. The summed E-state index contributed by atoms with van der Waals surface area (Å²) < 4.78 is 5.22. The molecule has 1 amide bonds. The predicted molar refractivity (Wildman–Crippen MR) is 96.7 cm³/mol. The Hall–Kier alpha value is -2.15. The van der Waals surface area contributed by atoms with Crippen LogP contribution < -0.4 is 4.90 Å². The van der Waals surface area contributed by atoms with Crippen molar-refractivity contribution in [2.75, 3.05) is 38.2 Å². The molecule has 0 saturated carbocycles. The van der Waals surface area contributed by atoms with Crippen LogP contribution in [0.2, 0.25) is 0 Å². The standard InChI is InChI=1S/C18H27N3O4/c1-18(2,3)17(22)20-9-5-8-19(10-11-20)16-7-6-15(21(23)24)12-14(16)13-25-4/h6-7,12H,5,8-11,13H2,1-4H3. The van der Waals surface area contributed by atoms with E-state index in [1.54, 1.807) is 19.2 Å². The normalized spacial score (nSPS) is 15.8. The molecule has 0 radical (unpaired) electrons. The molecule has 7 heteroatoms. The van der Waals surface area contributed by atoms with Crippen molar-refractivity contribution in [2.45, 2.75) is 33.8 Å². The summed E-state index contributed by atoms with van der Waals surface area (Å²) in [6.07, 6.45) is 0.866. The largest absolute Gasteiger partial charge is 0.380 e. The quantitative estimate of drug-likeness (QED) is 0.617. The molecule has 0 bridgehead atoms. The Morgan fingerprint density at radius 2 is 1.96 bits per heavy atom. The van der Waals surface area contributed by atoms with Gasteiger partial charge >= 0.3 is 0 Å². The summed E-state index contributed by atoms with van der Waals surface area (Å²) in [6, 6.07) is 4.88. The average molecular weight is 349 g/mol. The Kier molecular flexibility index (Phi) is 6.00. The van der Waals surface area contributed by atoms with Crippen LogP contribution in [0, 0.1) is 15.5 Å².